The monoisotopic (exact) mass is 403 g/mol. The summed E-state index contributed by atoms with van der Waals surface area (Å²) < 4.78 is 14.5. The number of nitrogens with zero attached hydrogens (tertiary/aromatic N) is 2. The van der Waals surface area contributed by atoms with Gasteiger partial charge in [0.05, 0.1) is 5.39 Å². The van der Waals surface area contributed by atoms with Gasteiger partial charge in [0.1, 0.15) is 10.6 Å². The summed E-state index contributed by atoms with van der Waals surface area (Å²) in [7, 11) is 1.73. The molecule has 0 bridgehead atoms. The van der Waals surface area contributed by atoms with Crippen LogP contribution in [0.1, 0.15) is 23.3 Å². The van der Waals surface area contributed by atoms with Gasteiger partial charge in [-0.05, 0) is 49.1 Å². The second-order valence-electron chi connectivity index (χ2n) is 6.45. The highest BCUT2D eigenvalue weighted by Crippen LogP contribution is 2.35. The van der Waals surface area contributed by atoms with Gasteiger partial charge in [0, 0.05) is 29.8 Å². The van der Waals surface area contributed by atoms with Crippen molar-refractivity contribution < 1.29 is 9.18 Å². The quantitative estimate of drug-likeness (QED) is 0.521. The molecule has 2 heterocycles. The van der Waals surface area contributed by atoms with E-state index in [1.807, 2.05) is 0 Å². The number of aromatic nitrogens is 2. The Morgan fingerprint density at radius 2 is 2.11 bits per heavy atom. The lowest BCUT2D eigenvalue weighted by Crippen LogP contribution is -2.20. The average molecular weight is 404 g/mol. The maximum atomic E-state index is 12.9. The third kappa shape index (κ3) is 3.64. The zero-order valence-electron chi connectivity index (χ0n) is 14.8. The zero-order chi connectivity index (χ0) is 19.0. The summed E-state index contributed by atoms with van der Waals surface area (Å²) in [5, 5.41) is 4.13. The summed E-state index contributed by atoms with van der Waals surface area (Å²) in [6.07, 6.45) is 3.38. The molecule has 0 atom stereocenters. The number of hydrogen-bond donors (Lipinski definition) is 1. The predicted octanol–water partition coefficient (Wildman–Crippen LogP) is 3.74. The van der Waals surface area contributed by atoms with E-state index in [1.54, 1.807) is 23.0 Å². The van der Waals surface area contributed by atoms with Gasteiger partial charge < -0.3 is 5.32 Å². The van der Waals surface area contributed by atoms with Crippen LogP contribution >= 0.6 is 23.1 Å². The summed E-state index contributed by atoms with van der Waals surface area (Å²) in [5.41, 5.74) is 1.74. The summed E-state index contributed by atoms with van der Waals surface area (Å²) in [4.78, 5) is 31.5. The van der Waals surface area contributed by atoms with Crippen LogP contribution in [0.3, 0.4) is 0 Å². The third-order valence-electron chi connectivity index (χ3n) is 4.59. The van der Waals surface area contributed by atoms with Gasteiger partial charge in [0.2, 0.25) is 5.91 Å². The molecule has 1 amide bonds. The summed E-state index contributed by atoms with van der Waals surface area (Å²) in [6, 6.07) is 5.65. The number of benzene rings is 1. The van der Waals surface area contributed by atoms with Gasteiger partial charge in [-0.1, -0.05) is 11.8 Å². The minimum Gasteiger partial charge on any atom is -0.326 e. The number of amides is 1. The van der Waals surface area contributed by atoms with E-state index in [1.165, 1.54) is 46.5 Å². The van der Waals surface area contributed by atoms with Crippen LogP contribution in [-0.2, 0) is 24.7 Å². The molecule has 140 valence electrons. The Kier molecular flexibility index (Phi) is 5.01. The first-order valence-electron chi connectivity index (χ1n) is 8.72. The molecular formula is C19H18FN3O2S2. The van der Waals surface area contributed by atoms with E-state index in [2.05, 4.69) is 10.3 Å². The maximum Gasteiger partial charge on any atom is 0.262 e. The predicted molar refractivity (Wildman–Crippen MR) is 107 cm³/mol. The largest absolute Gasteiger partial charge is 0.326 e. The standard InChI is InChI=1S/C19H18FN3O2S2/c1-23-18(25)16-13-3-2-4-14(13)27-17(16)22-19(23)26-10-9-15(24)21-12-7-5-11(20)6-8-12/h5-8H,2-4,9-10H2,1H3,(H,21,24). The second kappa shape index (κ2) is 7.44. The van der Waals surface area contributed by atoms with E-state index in [0.29, 0.717) is 16.6 Å². The topological polar surface area (TPSA) is 64.0 Å². The molecular weight excluding hydrogens is 385 g/mol. The van der Waals surface area contributed by atoms with Gasteiger partial charge in [-0.3, -0.25) is 14.2 Å². The number of thiophene rings is 1. The number of hydrogen-bond acceptors (Lipinski definition) is 5. The van der Waals surface area contributed by atoms with Crippen LogP contribution in [-0.4, -0.2) is 21.2 Å². The van der Waals surface area contributed by atoms with Gasteiger partial charge in [-0.2, -0.15) is 0 Å². The van der Waals surface area contributed by atoms with Crippen molar-refractivity contribution in [1.29, 1.82) is 0 Å². The van der Waals surface area contributed by atoms with Crippen LogP contribution in [0.4, 0.5) is 10.1 Å². The fraction of sp³-hybridized carbons (Fsp3) is 0.316. The minimum absolute atomic E-state index is 0.00216. The highest BCUT2D eigenvalue weighted by molar-refractivity contribution is 7.99. The Balaban J connectivity index is 1.43. The Hall–Kier alpha value is -2.19. The van der Waals surface area contributed by atoms with Crippen molar-refractivity contribution in [2.24, 2.45) is 7.05 Å². The van der Waals surface area contributed by atoms with Crippen molar-refractivity contribution in [1.82, 2.24) is 9.55 Å². The Morgan fingerprint density at radius 3 is 2.89 bits per heavy atom. The minimum atomic E-state index is -0.342. The molecule has 4 rings (SSSR count). The van der Waals surface area contributed by atoms with Gasteiger partial charge in [-0.15, -0.1) is 11.3 Å². The van der Waals surface area contributed by atoms with Gasteiger partial charge in [-0.25, -0.2) is 9.37 Å². The Bertz CT molecular complexity index is 1070. The van der Waals surface area contributed by atoms with E-state index in [0.717, 1.165) is 29.5 Å². The molecule has 0 radical (unpaired) electrons. The summed E-state index contributed by atoms with van der Waals surface area (Å²) in [6.45, 7) is 0. The summed E-state index contributed by atoms with van der Waals surface area (Å²) >= 11 is 3.01. The van der Waals surface area contributed by atoms with Crippen LogP contribution in [0.5, 0.6) is 0 Å². The molecule has 8 heteroatoms. The number of anilines is 1. The molecule has 0 spiro atoms. The number of carbonyl (C=O) groups is 1. The zero-order valence-corrected chi connectivity index (χ0v) is 16.4. The maximum absolute atomic E-state index is 12.9. The van der Waals surface area contributed by atoms with Gasteiger partial charge in [0.25, 0.3) is 5.56 Å². The smallest absolute Gasteiger partial charge is 0.262 e. The number of aryl methyl sites for hydroxylation is 2. The molecule has 27 heavy (non-hydrogen) atoms. The van der Waals surface area contributed by atoms with E-state index in [4.69, 9.17) is 0 Å². The normalized spacial score (nSPS) is 13.1. The van der Waals surface area contributed by atoms with Crippen LogP contribution < -0.4 is 10.9 Å². The van der Waals surface area contributed by atoms with E-state index in [9.17, 15) is 14.0 Å². The average Bonchev–Trinajstić information content (AvgIpc) is 3.22. The molecule has 1 aliphatic rings. The summed E-state index contributed by atoms with van der Waals surface area (Å²) in [5.74, 6) is 0.00459. The van der Waals surface area contributed by atoms with Crippen molar-refractivity contribution in [3.63, 3.8) is 0 Å². The molecule has 5 nitrogen and oxygen atoms in total. The van der Waals surface area contributed by atoms with Crippen molar-refractivity contribution in [2.45, 2.75) is 30.8 Å². The van der Waals surface area contributed by atoms with Crippen LogP contribution in [0, 0.1) is 5.82 Å². The number of carbonyl (C=O) groups excluding carboxylic acids is 1. The fourth-order valence-corrected chi connectivity index (χ4v) is 5.44. The highest BCUT2D eigenvalue weighted by atomic mass is 32.2. The lowest BCUT2D eigenvalue weighted by atomic mass is 10.2. The number of nitrogens with one attached hydrogen (secondary N) is 1. The molecule has 1 aromatic carbocycles. The van der Waals surface area contributed by atoms with E-state index in [-0.39, 0.29) is 23.7 Å². The van der Waals surface area contributed by atoms with Crippen LogP contribution in [0.2, 0.25) is 0 Å². The third-order valence-corrected chi connectivity index (χ3v) is 6.81. The molecule has 0 unspecified atom stereocenters. The number of halogens is 1. The molecule has 0 fully saturated rings. The first-order chi connectivity index (χ1) is 13.0. The first-order valence-corrected chi connectivity index (χ1v) is 10.5. The van der Waals surface area contributed by atoms with Crippen molar-refractivity contribution in [3.05, 3.63) is 50.9 Å². The second-order valence-corrected chi connectivity index (χ2v) is 8.60. The molecule has 1 aliphatic carbocycles. The van der Waals surface area contributed by atoms with Crippen molar-refractivity contribution in [3.8, 4) is 0 Å². The van der Waals surface area contributed by atoms with E-state index >= 15 is 0 Å². The van der Waals surface area contributed by atoms with Crippen molar-refractivity contribution >= 4 is 44.9 Å². The highest BCUT2D eigenvalue weighted by Gasteiger charge is 2.22. The molecule has 0 aliphatic heterocycles. The number of fused-ring (bicyclic) bond motifs is 3. The van der Waals surface area contributed by atoms with Crippen LogP contribution in [0.25, 0.3) is 10.2 Å². The number of rotatable bonds is 5. The Morgan fingerprint density at radius 1 is 1.33 bits per heavy atom. The van der Waals surface area contributed by atoms with Crippen molar-refractivity contribution in [2.75, 3.05) is 11.1 Å². The SMILES string of the molecule is Cn1c(SCCC(=O)Nc2ccc(F)cc2)nc2sc3c(c2c1=O)CCC3. The molecule has 0 saturated heterocycles. The number of thioether (sulfide) groups is 1. The fourth-order valence-electron chi connectivity index (χ4n) is 3.23. The Labute approximate surface area is 163 Å². The molecule has 1 N–H and O–H groups in total. The molecule has 3 aromatic rings. The van der Waals surface area contributed by atoms with Crippen LogP contribution in [0.15, 0.2) is 34.2 Å². The van der Waals surface area contributed by atoms with E-state index < -0.39 is 0 Å². The van der Waals surface area contributed by atoms with Gasteiger partial charge in [0.15, 0.2) is 5.16 Å². The van der Waals surface area contributed by atoms with Gasteiger partial charge >= 0.3 is 0 Å². The lowest BCUT2D eigenvalue weighted by molar-refractivity contribution is -0.115. The molecule has 0 saturated carbocycles. The lowest BCUT2D eigenvalue weighted by Gasteiger charge is -2.08. The molecule has 2 aromatic heterocycles. The first kappa shape index (κ1) is 18.2.